The monoisotopic (exact) mass is 324 g/mol. The average Bonchev–Trinajstić information content (AvgIpc) is 2.26. The molecule has 0 bridgehead atoms. The van der Waals surface area contributed by atoms with Crippen LogP contribution in [0.3, 0.4) is 0 Å². The van der Waals surface area contributed by atoms with Crippen molar-refractivity contribution in [1.29, 1.82) is 0 Å². The number of halogens is 4. The summed E-state index contributed by atoms with van der Waals surface area (Å²) in [6.45, 7) is 2.95. The van der Waals surface area contributed by atoms with Gasteiger partial charge in [0.15, 0.2) is 0 Å². The molecule has 1 unspecified atom stereocenters. The molecule has 1 aromatic rings. The van der Waals surface area contributed by atoms with E-state index in [9.17, 15) is 18.0 Å². The molecule has 1 atom stereocenters. The summed E-state index contributed by atoms with van der Waals surface area (Å²) in [6.07, 6.45) is -4.57. The molecule has 1 rings (SSSR count). The summed E-state index contributed by atoms with van der Waals surface area (Å²) in [5, 5.41) is 0. The Bertz CT molecular complexity index is 443. The highest BCUT2D eigenvalue weighted by Crippen LogP contribution is 2.42. The Hall–Kier alpha value is -1.04. The molecule has 0 aliphatic heterocycles. The molecule has 0 fully saturated rings. The number of rotatable bonds is 4. The molecular formula is C12H12BrF3O2. The van der Waals surface area contributed by atoms with E-state index in [0.717, 1.165) is 0 Å². The van der Waals surface area contributed by atoms with Gasteiger partial charge in [-0.3, -0.25) is 4.79 Å². The van der Waals surface area contributed by atoms with E-state index in [1.165, 1.54) is 25.1 Å². The molecule has 0 radical (unpaired) electrons. The Morgan fingerprint density at radius 2 is 2.06 bits per heavy atom. The summed E-state index contributed by atoms with van der Waals surface area (Å²) in [6, 6.07) is 3.95. The van der Waals surface area contributed by atoms with Crippen molar-refractivity contribution in [1.82, 2.24) is 0 Å². The maximum atomic E-state index is 13.0. The predicted molar refractivity (Wildman–Crippen MR) is 65.0 cm³/mol. The molecule has 0 aliphatic carbocycles. The minimum absolute atomic E-state index is 0.124. The number of ketones is 1. The first-order valence-electron chi connectivity index (χ1n) is 5.26. The average molecular weight is 325 g/mol. The van der Waals surface area contributed by atoms with Gasteiger partial charge in [-0.1, -0.05) is 28.1 Å². The van der Waals surface area contributed by atoms with E-state index < -0.39 is 22.4 Å². The number of hydrogen-bond donors (Lipinski definition) is 0. The van der Waals surface area contributed by atoms with Crippen LogP contribution in [0.4, 0.5) is 13.2 Å². The molecule has 6 heteroatoms. The third-order valence-corrected chi connectivity index (χ3v) is 3.41. The molecule has 0 aliphatic rings. The van der Waals surface area contributed by atoms with Gasteiger partial charge < -0.3 is 4.74 Å². The SMILES string of the molecule is CCOc1cccc(C(Br)C(C)=O)c1C(F)(F)F. The highest BCUT2D eigenvalue weighted by Gasteiger charge is 2.39. The lowest BCUT2D eigenvalue weighted by Crippen LogP contribution is -2.15. The van der Waals surface area contributed by atoms with Crippen LogP contribution in [0.15, 0.2) is 18.2 Å². The van der Waals surface area contributed by atoms with Crippen molar-refractivity contribution in [2.45, 2.75) is 24.9 Å². The molecule has 0 saturated carbocycles. The largest absolute Gasteiger partial charge is 0.493 e. The van der Waals surface area contributed by atoms with Crippen LogP contribution in [-0.2, 0) is 11.0 Å². The molecule has 0 N–H and O–H groups in total. The fraction of sp³-hybridized carbons (Fsp3) is 0.417. The summed E-state index contributed by atoms with van der Waals surface area (Å²) in [4.78, 5) is 10.2. The number of benzene rings is 1. The second kappa shape index (κ2) is 5.73. The van der Waals surface area contributed by atoms with Gasteiger partial charge in [0.1, 0.15) is 17.1 Å². The summed E-state index contributed by atoms with van der Waals surface area (Å²) in [5.41, 5.74) is -1.02. The van der Waals surface area contributed by atoms with Crippen LogP contribution in [0.5, 0.6) is 5.75 Å². The fourth-order valence-corrected chi connectivity index (χ4v) is 1.94. The van der Waals surface area contributed by atoms with Crippen LogP contribution in [-0.4, -0.2) is 12.4 Å². The van der Waals surface area contributed by atoms with Crippen LogP contribution < -0.4 is 4.74 Å². The van der Waals surface area contributed by atoms with Crippen LogP contribution >= 0.6 is 15.9 Å². The fourth-order valence-electron chi connectivity index (χ4n) is 1.56. The van der Waals surface area contributed by atoms with Crippen molar-refractivity contribution in [2.24, 2.45) is 0 Å². The quantitative estimate of drug-likeness (QED) is 0.778. The Morgan fingerprint density at radius 3 is 2.50 bits per heavy atom. The van der Waals surface area contributed by atoms with Crippen LogP contribution in [0, 0.1) is 0 Å². The second-order valence-electron chi connectivity index (χ2n) is 3.62. The van der Waals surface area contributed by atoms with Crippen molar-refractivity contribution in [2.75, 3.05) is 6.61 Å². The van der Waals surface area contributed by atoms with E-state index in [2.05, 4.69) is 15.9 Å². The first kappa shape index (κ1) is 15.0. The number of hydrogen-bond acceptors (Lipinski definition) is 2. The lowest BCUT2D eigenvalue weighted by molar-refractivity contribution is -0.139. The number of alkyl halides is 4. The Kier molecular flexibility index (Phi) is 4.78. The smallest absolute Gasteiger partial charge is 0.420 e. The van der Waals surface area contributed by atoms with Gasteiger partial charge in [0.25, 0.3) is 0 Å². The topological polar surface area (TPSA) is 26.3 Å². The summed E-state index contributed by atoms with van der Waals surface area (Å²) in [7, 11) is 0. The molecule has 18 heavy (non-hydrogen) atoms. The predicted octanol–water partition coefficient (Wildman–Crippen LogP) is 4.13. The minimum Gasteiger partial charge on any atom is -0.493 e. The lowest BCUT2D eigenvalue weighted by Gasteiger charge is -2.19. The van der Waals surface area contributed by atoms with Crippen LogP contribution in [0.25, 0.3) is 0 Å². The van der Waals surface area contributed by atoms with Crippen molar-refractivity contribution in [3.05, 3.63) is 29.3 Å². The third kappa shape index (κ3) is 3.25. The van der Waals surface area contributed by atoms with Gasteiger partial charge in [-0.25, -0.2) is 0 Å². The number of ether oxygens (including phenoxy) is 1. The van der Waals surface area contributed by atoms with Crippen molar-refractivity contribution in [3.8, 4) is 5.75 Å². The van der Waals surface area contributed by atoms with Crippen LogP contribution in [0.1, 0.15) is 29.8 Å². The molecule has 0 saturated heterocycles. The molecule has 0 heterocycles. The van der Waals surface area contributed by atoms with E-state index >= 15 is 0 Å². The van der Waals surface area contributed by atoms with E-state index in [-0.39, 0.29) is 17.9 Å². The highest BCUT2D eigenvalue weighted by atomic mass is 79.9. The van der Waals surface area contributed by atoms with Crippen molar-refractivity contribution >= 4 is 21.7 Å². The van der Waals surface area contributed by atoms with Gasteiger partial charge in [-0.2, -0.15) is 13.2 Å². The summed E-state index contributed by atoms with van der Waals surface area (Å²) < 4.78 is 44.1. The van der Waals surface area contributed by atoms with Gasteiger partial charge in [-0.05, 0) is 25.5 Å². The molecular weight excluding hydrogens is 313 g/mol. The summed E-state index contributed by atoms with van der Waals surface area (Å²) in [5.74, 6) is -0.651. The Labute approximate surface area is 111 Å². The third-order valence-electron chi connectivity index (χ3n) is 2.27. The normalized spacial score (nSPS) is 13.2. The van der Waals surface area contributed by atoms with E-state index in [1.807, 2.05) is 0 Å². The van der Waals surface area contributed by atoms with E-state index in [4.69, 9.17) is 4.74 Å². The minimum atomic E-state index is -4.57. The second-order valence-corrected chi connectivity index (χ2v) is 4.54. The van der Waals surface area contributed by atoms with Crippen LogP contribution in [0.2, 0.25) is 0 Å². The number of carbonyl (C=O) groups is 1. The zero-order valence-electron chi connectivity index (χ0n) is 9.84. The highest BCUT2D eigenvalue weighted by molar-refractivity contribution is 9.09. The molecule has 1 aromatic carbocycles. The number of Topliss-reactive ketones (excluding diaryl/α,β-unsaturated/α-hetero) is 1. The van der Waals surface area contributed by atoms with E-state index in [0.29, 0.717) is 0 Å². The van der Waals surface area contributed by atoms with Gasteiger partial charge in [0.05, 0.1) is 11.4 Å². The van der Waals surface area contributed by atoms with Gasteiger partial charge in [0.2, 0.25) is 0 Å². The van der Waals surface area contributed by atoms with Gasteiger partial charge >= 0.3 is 6.18 Å². The molecule has 0 amide bonds. The van der Waals surface area contributed by atoms with Crippen molar-refractivity contribution < 1.29 is 22.7 Å². The molecule has 0 spiro atoms. The molecule has 0 aromatic heterocycles. The van der Waals surface area contributed by atoms with Gasteiger partial charge in [0, 0.05) is 0 Å². The first-order chi connectivity index (χ1) is 8.29. The molecule has 100 valence electrons. The Morgan fingerprint density at radius 1 is 1.44 bits per heavy atom. The lowest BCUT2D eigenvalue weighted by atomic mass is 10.0. The zero-order chi connectivity index (χ0) is 13.9. The zero-order valence-corrected chi connectivity index (χ0v) is 11.4. The van der Waals surface area contributed by atoms with Gasteiger partial charge in [-0.15, -0.1) is 0 Å². The maximum absolute atomic E-state index is 13.0. The number of carbonyl (C=O) groups excluding carboxylic acids is 1. The summed E-state index contributed by atoms with van der Waals surface area (Å²) >= 11 is 2.97. The Balaban J connectivity index is 3.42. The molecule has 2 nitrogen and oxygen atoms in total. The maximum Gasteiger partial charge on any atom is 0.420 e. The van der Waals surface area contributed by atoms with E-state index in [1.54, 1.807) is 6.92 Å². The standard InChI is InChI=1S/C12H12BrF3O2/c1-3-18-9-6-4-5-8(11(13)7(2)17)10(9)12(14,15)16/h4-6,11H,3H2,1-2H3. The van der Waals surface area contributed by atoms with Crippen molar-refractivity contribution in [3.63, 3.8) is 0 Å². The first-order valence-corrected chi connectivity index (χ1v) is 6.18.